The molecule has 0 amide bonds. The molecule has 1 atom stereocenters. The summed E-state index contributed by atoms with van der Waals surface area (Å²) in [5.74, 6) is 1.37. The first-order valence-electron chi connectivity index (χ1n) is 6.25. The lowest BCUT2D eigenvalue weighted by Crippen LogP contribution is -2.49. The molecule has 0 bridgehead atoms. The molecule has 1 aromatic heterocycles. The Balaban J connectivity index is 2.48. The summed E-state index contributed by atoms with van der Waals surface area (Å²) in [5, 5.41) is -1.04. The van der Waals surface area contributed by atoms with Crippen molar-refractivity contribution >= 4 is 31.6 Å². The summed E-state index contributed by atoms with van der Waals surface area (Å²) in [6.45, 7) is 1.77. The molecule has 7 nitrogen and oxygen atoms in total. The fraction of sp³-hybridized carbons (Fsp3) is 0.636. The Bertz CT molecular complexity index is 723. The molecule has 2 N–H and O–H groups in total. The van der Waals surface area contributed by atoms with Gasteiger partial charge in [0.25, 0.3) is 0 Å². The summed E-state index contributed by atoms with van der Waals surface area (Å²) in [6, 6.07) is 1.37. The fourth-order valence-corrected chi connectivity index (χ4v) is 7.54. The van der Waals surface area contributed by atoms with E-state index in [1.54, 1.807) is 0 Å². The third-order valence-corrected chi connectivity index (χ3v) is 8.04. The monoisotopic (exact) mass is 354 g/mol. The van der Waals surface area contributed by atoms with Gasteiger partial charge in [-0.2, -0.15) is 16.1 Å². The molecule has 0 saturated carbocycles. The lowest BCUT2D eigenvalue weighted by Gasteiger charge is -2.32. The van der Waals surface area contributed by atoms with Gasteiger partial charge < -0.3 is 10.2 Å². The van der Waals surface area contributed by atoms with Gasteiger partial charge in [0.2, 0.25) is 10.0 Å². The lowest BCUT2D eigenvalue weighted by atomic mass is 10.4. The molecule has 120 valence electrons. The summed E-state index contributed by atoms with van der Waals surface area (Å²) in [7, 11) is -7.43. The van der Waals surface area contributed by atoms with Crippen molar-refractivity contribution in [2.45, 2.75) is 23.7 Å². The average molecular weight is 354 g/mol. The molecule has 10 heteroatoms. The molecule has 0 spiro atoms. The molecular formula is C11H18N2O5S3. The number of hydrogen-bond acceptors (Lipinski definition) is 7. The zero-order chi connectivity index (χ0) is 15.8. The molecule has 0 aromatic carbocycles. The van der Waals surface area contributed by atoms with E-state index in [1.807, 2.05) is 0 Å². The summed E-state index contributed by atoms with van der Waals surface area (Å²) < 4.78 is 55.5. The highest BCUT2D eigenvalue weighted by molar-refractivity contribution is 8.01. The molecular weight excluding hydrogens is 336 g/mol. The predicted molar refractivity (Wildman–Crippen MR) is 81.2 cm³/mol. The maximum Gasteiger partial charge on any atom is 0.247 e. The minimum absolute atomic E-state index is 0.0106. The predicted octanol–water partition coefficient (Wildman–Crippen LogP) is 0.155. The molecule has 1 aliphatic heterocycles. The Labute approximate surface area is 128 Å². The third kappa shape index (κ3) is 3.29. The van der Waals surface area contributed by atoms with E-state index in [9.17, 15) is 16.8 Å². The maximum absolute atomic E-state index is 12.7. The van der Waals surface area contributed by atoms with Crippen molar-refractivity contribution < 1.29 is 21.3 Å². The van der Waals surface area contributed by atoms with Crippen LogP contribution in [0.3, 0.4) is 0 Å². The lowest BCUT2D eigenvalue weighted by molar-refractivity contribution is 0.402. The van der Waals surface area contributed by atoms with E-state index >= 15 is 0 Å². The smallest absolute Gasteiger partial charge is 0.247 e. The van der Waals surface area contributed by atoms with Crippen LogP contribution in [0.15, 0.2) is 15.4 Å². The van der Waals surface area contributed by atoms with Gasteiger partial charge in [0.15, 0.2) is 9.84 Å². The Morgan fingerprint density at radius 2 is 2.10 bits per heavy atom. The summed E-state index contributed by atoms with van der Waals surface area (Å²) in [4.78, 5) is -0.0106. The van der Waals surface area contributed by atoms with E-state index in [2.05, 4.69) is 0 Å². The van der Waals surface area contributed by atoms with Gasteiger partial charge in [-0.1, -0.05) is 0 Å². The van der Waals surface area contributed by atoms with Crippen LogP contribution in [0, 0.1) is 6.92 Å². The quantitative estimate of drug-likeness (QED) is 0.819. The van der Waals surface area contributed by atoms with E-state index in [0.717, 1.165) is 10.6 Å². The van der Waals surface area contributed by atoms with Crippen LogP contribution in [0.25, 0.3) is 0 Å². The van der Waals surface area contributed by atoms with Crippen molar-refractivity contribution in [2.75, 3.05) is 24.3 Å². The summed E-state index contributed by atoms with van der Waals surface area (Å²) >= 11 is 1.43. The first-order chi connectivity index (χ1) is 9.67. The van der Waals surface area contributed by atoms with Gasteiger partial charge >= 0.3 is 0 Å². The van der Waals surface area contributed by atoms with E-state index in [4.69, 9.17) is 10.2 Å². The molecule has 0 aliphatic carbocycles. The summed E-state index contributed by atoms with van der Waals surface area (Å²) in [6.07, 6.45) is 1.06. The molecule has 1 saturated heterocycles. The topological polar surface area (TPSA) is 111 Å². The fourth-order valence-electron chi connectivity index (χ4n) is 2.19. The van der Waals surface area contributed by atoms with E-state index in [-0.39, 0.29) is 29.5 Å². The Kier molecular flexibility index (Phi) is 4.74. The first kappa shape index (κ1) is 16.8. The highest BCUT2D eigenvalue weighted by atomic mass is 32.2. The minimum atomic E-state index is -3.92. The van der Waals surface area contributed by atoms with Crippen molar-refractivity contribution in [3.8, 4) is 0 Å². The van der Waals surface area contributed by atoms with Crippen molar-refractivity contribution in [2.24, 2.45) is 5.73 Å². The SMILES string of the molecule is Cc1oc(CN)cc1S(=O)(=O)N1CCSCC1S(C)(=O)=O. The van der Waals surface area contributed by atoms with E-state index in [1.165, 1.54) is 24.8 Å². The van der Waals surface area contributed by atoms with Crippen LogP contribution in [-0.4, -0.2) is 50.8 Å². The van der Waals surface area contributed by atoms with Crippen molar-refractivity contribution in [3.05, 3.63) is 17.6 Å². The molecule has 2 heterocycles. The largest absolute Gasteiger partial charge is 0.464 e. The number of hydrogen-bond donors (Lipinski definition) is 1. The molecule has 1 fully saturated rings. The molecule has 1 aliphatic rings. The second-order valence-corrected chi connectivity index (χ2v) is 10.0. The van der Waals surface area contributed by atoms with Gasteiger partial charge in [-0.3, -0.25) is 0 Å². The number of thioether (sulfide) groups is 1. The number of nitrogens with zero attached hydrogens (tertiary/aromatic N) is 1. The van der Waals surface area contributed by atoms with Crippen LogP contribution in [-0.2, 0) is 26.4 Å². The number of sulfonamides is 1. The van der Waals surface area contributed by atoms with Crippen LogP contribution in [0.4, 0.5) is 0 Å². The number of nitrogens with two attached hydrogens (primary N) is 1. The summed E-state index contributed by atoms with van der Waals surface area (Å²) in [5.41, 5.74) is 5.45. The van der Waals surface area contributed by atoms with Gasteiger partial charge in [0, 0.05) is 30.4 Å². The number of sulfone groups is 1. The molecule has 0 radical (unpaired) electrons. The Morgan fingerprint density at radius 3 is 2.62 bits per heavy atom. The Hall–Kier alpha value is -0.550. The zero-order valence-electron chi connectivity index (χ0n) is 11.8. The average Bonchev–Trinajstić information content (AvgIpc) is 2.80. The van der Waals surface area contributed by atoms with Crippen molar-refractivity contribution in [3.63, 3.8) is 0 Å². The van der Waals surface area contributed by atoms with Crippen molar-refractivity contribution in [1.82, 2.24) is 4.31 Å². The van der Waals surface area contributed by atoms with Crippen LogP contribution < -0.4 is 5.73 Å². The maximum atomic E-state index is 12.7. The minimum Gasteiger partial charge on any atom is -0.464 e. The van der Waals surface area contributed by atoms with E-state index in [0.29, 0.717) is 11.5 Å². The zero-order valence-corrected chi connectivity index (χ0v) is 14.2. The second-order valence-electron chi connectivity index (χ2n) is 4.81. The van der Waals surface area contributed by atoms with Gasteiger partial charge in [-0.25, -0.2) is 16.8 Å². The number of rotatable bonds is 4. The van der Waals surface area contributed by atoms with Crippen molar-refractivity contribution in [1.29, 1.82) is 0 Å². The van der Waals surface area contributed by atoms with Gasteiger partial charge in [0.05, 0.1) is 6.54 Å². The van der Waals surface area contributed by atoms with Crippen LogP contribution >= 0.6 is 11.8 Å². The third-order valence-electron chi connectivity index (χ3n) is 3.24. The van der Waals surface area contributed by atoms with Crippen LogP contribution in [0.1, 0.15) is 11.5 Å². The van der Waals surface area contributed by atoms with Crippen LogP contribution in [0.5, 0.6) is 0 Å². The highest BCUT2D eigenvalue weighted by Crippen LogP contribution is 2.30. The number of aryl methyl sites for hydroxylation is 1. The molecule has 2 rings (SSSR count). The standard InChI is InChI=1S/C11H18N2O5S3/c1-8-10(5-9(6-12)18-8)21(16,17)13-3-4-19-7-11(13)20(2,14)15/h5,11H,3-4,6-7,12H2,1-2H3. The second kappa shape index (κ2) is 5.92. The normalized spacial score (nSPS) is 21.6. The first-order valence-corrected chi connectivity index (χ1v) is 10.8. The van der Waals surface area contributed by atoms with Gasteiger partial charge in [-0.05, 0) is 6.92 Å². The van der Waals surface area contributed by atoms with Gasteiger partial charge in [-0.15, -0.1) is 0 Å². The van der Waals surface area contributed by atoms with E-state index < -0.39 is 25.2 Å². The molecule has 21 heavy (non-hydrogen) atoms. The molecule has 1 aromatic rings. The Morgan fingerprint density at radius 1 is 1.43 bits per heavy atom. The van der Waals surface area contributed by atoms with Crippen LogP contribution in [0.2, 0.25) is 0 Å². The van der Waals surface area contributed by atoms with Gasteiger partial charge in [0.1, 0.15) is 21.8 Å². The molecule has 1 unspecified atom stereocenters. The highest BCUT2D eigenvalue weighted by Gasteiger charge is 2.40. The number of furan rings is 1.